The first-order valence-corrected chi connectivity index (χ1v) is 7.05. The molecule has 0 aliphatic heterocycles. The molecule has 0 radical (unpaired) electrons. The summed E-state index contributed by atoms with van der Waals surface area (Å²) in [6, 6.07) is 9.78. The van der Waals surface area contributed by atoms with Crippen LogP contribution in [-0.2, 0) is 20.8 Å². The molecule has 0 heterocycles. The van der Waals surface area contributed by atoms with Crippen molar-refractivity contribution in [1.82, 2.24) is 5.48 Å². The fraction of sp³-hybridized carbons (Fsp3) is 0.500. The van der Waals surface area contributed by atoms with Gasteiger partial charge in [-0.15, -0.1) is 5.48 Å². The highest BCUT2D eigenvalue weighted by molar-refractivity contribution is 5.81. The molecule has 0 aromatic heterocycles. The molecule has 2 rings (SSSR count). The molecule has 0 spiro atoms. The Morgan fingerprint density at radius 3 is 2.33 bits per heavy atom. The molecule has 1 aliphatic rings. The van der Waals surface area contributed by atoms with Crippen molar-refractivity contribution in [3.8, 4) is 0 Å². The lowest BCUT2D eigenvalue weighted by atomic mass is 9.97. The van der Waals surface area contributed by atoms with Crippen molar-refractivity contribution >= 4 is 12.1 Å². The standard InChI is InChI=1S/C16H21NO4/c1-15(2,3)20-14(19)17-21-13(18)16(9-10-16)11-12-7-5-4-6-8-12/h4-8H,9-11H2,1-3H3,(H,17,19). The van der Waals surface area contributed by atoms with Gasteiger partial charge in [-0.05, 0) is 45.6 Å². The highest BCUT2D eigenvalue weighted by Gasteiger charge is 2.51. The minimum Gasteiger partial charge on any atom is -0.442 e. The zero-order valence-electron chi connectivity index (χ0n) is 12.6. The van der Waals surface area contributed by atoms with E-state index in [0.717, 1.165) is 18.4 Å². The number of ether oxygens (including phenoxy) is 1. The van der Waals surface area contributed by atoms with Crippen LogP contribution in [0.1, 0.15) is 39.2 Å². The fourth-order valence-corrected chi connectivity index (χ4v) is 2.09. The molecular weight excluding hydrogens is 270 g/mol. The van der Waals surface area contributed by atoms with Crippen molar-refractivity contribution < 1.29 is 19.2 Å². The Balaban J connectivity index is 1.84. The average molecular weight is 291 g/mol. The number of rotatable bonds is 3. The monoisotopic (exact) mass is 291 g/mol. The van der Waals surface area contributed by atoms with Gasteiger partial charge in [0.1, 0.15) is 5.60 Å². The molecule has 1 aromatic carbocycles. The maximum absolute atomic E-state index is 12.1. The smallest absolute Gasteiger partial charge is 0.441 e. The second-order valence-electron chi connectivity index (χ2n) is 6.44. The van der Waals surface area contributed by atoms with Crippen LogP contribution >= 0.6 is 0 Å². The number of carbonyl (C=O) groups is 2. The Hall–Kier alpha value is -2.04. The molecule has 1 aromatic rings. The third-order valence-corrected chi connectivity index (χ3v) is 3.30. The molecule has 0 saturated heterocycles. The van der Waals surface area contributed by atoms with Gasteiger partial charge in [0.05, 0.1) is 5.41 Å². The third kappa shape index (κ3) is 4.48. The van der Waals surface area contributed by atoms with Crippen LogP contribution in [0.5, 0.6) is 0 Å². The highest BCUT2D eigenvalue weighted by atomic mass is 16.7. The third-order valence-electron chi connectivity index (χ3n) is 3.30. The second-order valence-corrected chi connectivity index (χ2v) is 6.44. The molecule has 1 saturated carbocycles. The lowest BCUT2D eigenvalue weighted by Crippen LogP contribution is -2.36. The number of hydroxylamine groups is 1. The van der Waals surface area contributed by atoms with E-state index in [1.165, 1.54) is 0 Å². The second kappa shape index (κ2) is 5.76. The number of carbonyl (C=O) groups excluding carboxylic acids is 2. The van der Waals surface area contributed by atoms with Crippen LogP contribution in [-0.4, -0.2) is 17.7 Å². The van der Waals surface area contributed by atoms with E-state index in [1.807, 2.05) is 30.3 Å². The maximum Gasteiger partial charge on any atom is 0.441 e. The topological polar surface area (TPSA) is 64.6 Å². The molecule has 1 aliphatic carbocycles. The lowest BCUT2D eigenvalue weighted by molar-refractivity contribution is -0.157. The average Bonchev–Trinajstić information content (AvgIpc) is 3.16. The summed E-state index contributed by atoms with van der Waals surface area (Å²) in [5.41, 5.74) is 2.02. The van der Waals surface area contributed by atoms with Gasteiger partial charge in [-0.2, -0.15) is 0 Å². The van der Waals surface area contributed by atoms with E-state index < -0.39 is 23.1 Å². The predicted molar refractivity (Wildman–Crippen MR) is 77.3 cm³/mol. The molecule has 0 bridgehead atoms. The molecule has 5 heteroatoms. The first-order chi connectivity index (χ1) is 9.81. The molecule has 5 nitrogen and oxygen atoms in total. The molecular formula is C16H21NO4. The van der Waals surface area contributed by atoms with Gasteiger partial charge >= 0.3 is 12.1 Å². The van der Waals surface area contributed by atoms with Crippen molar-refractivity contribution in [1.29, 1.82) is 0 Å². The van der Waals surface area contributed by atoms with Crippen LogP contribution in [0.25, 0.3) is 0 Å². The number of hydrogen-bond donors (Lipinski definition) is 1. The van der Waals surface area contributed by atoms with E-state index in [-0.39, 0.29) is 0 Å². The number of amides is 1. The first kappa shape index (κ1) is 15.4. The maximum atomic E-state index is 12.1. The summed E-state index contributed by atoms with van der Waals surface area (Å²) in [7, 11) is 0. The molecule has 1 fully saturated rings. The molecule has 1 amide bonds. The van der Waals surface area contributed by atoms with Crippen LogP contribution in [0.2, 0.25) is 0 Å². The number of hydrogen-bond acceptors (Lipinski definition) is 4. The molecule has 114 valence electrons. The van der Waals surface area contributed by atoms with E-state index in [9.17, 15) is 9.59 Å². The Morgan fingerprint density at radius 1 is 1.19 bits per heavy atom. The number of nitrogens with one attached hydrogen (secondary N) is 1. The summed E-state index contributed by atoms with van der Waals surface area (Å²) in [5, 5.41) is 0. The van der Waals surface area contributed by atoms with Crippen molar-refractivity contribution in [3.63, 3.8) is 0 Å². The van der Waals surface area contributed by atoms with Gasteiger partial charge in [0.15, 0.2) is 0 Å². The van der Waals surface area contributed by atoms with Gasteiger partial charge in [-0.25, -0.2) is 9.59 Å². The van der Waals surface area contributed by atoms with Gasteiger partial charge in [0.25, 0.3) is 0 Å². The van der Waals surface area contributed by atoms with E-state index >= 15 is 0 Å². The zero-order chi connectivity index (χ0) is 15.5. The van der Waals surface area contributed by atoms with E-state index in [0.29, 0.717) is 6.42 Å². The van der Waals surface area contributed by atoms with Gasteiger partial charge in [-0.1, -0.05) is 30.3 Å². The van der Waals surface area contributed by atoms with Crippen molar-refractivity contribution in [2.75, 3.05) is 0 Å². The first-order valence-electron chi connectivity index (χ1n) is 7.05. The lowest BCUT2D eigenvalue weighted by Gasteiger charge is -2.20. The van der Waals surface area contributed by atoms with Crippen LogP contribution in [0.15, 0.2) is 30.3 Å². The summed E-state index contributed by atoms with van der Waals surface area (Å²) in [6.45, 7) is 5.23. The normalized spacial score (nSPS) is 16.0. The molecule has 0 unspecified atom stereocenters. The van der Waals surface area contributed by atoms with Crippen LogP contribution in [0.3, 0.4) is 0 Å². The van der Waals surface area contributed by atoms with Crippen molar-refractivity contribution in [3.05, 3.63) is 35.9 Å². The highest BCUT2D eigenvalue weighted by Crippen LogP contribution is 2.49. The Labute approximate surface area is 124 Å². The van der Waals surface area contributed by atoms with E-state index in [4.69, 9.17) is 9.57 Å². The fourth-order valence-electron chi connectivity index (χ4n) is 2.09. The number of benzene rings is 1. The summed E-state index contributed by atoms with van der Waals surface area (Å²) in [4.78, 5) is 28.5. The molecule has 21 heavy (non-hydrogen) atoms. The Bertz CT molecular complexity index is 515. The summed E-state index contributed by atoms with van der Waals surface area (Å²) in [6.07, 6.45) is 1.42. The van der Waals surface area contributed by atoms with Gasteiger partial charge in [0, 0.05) is 0 Å². The van der Waals surface area contributed by atoms with Crippen molar-refractivity contribution in [2.45, 2.75) is 45.6 Å². The predicted octanol–water partition coefficient (Wildman–Crippen LogP) is 2.99. The minimum atomic E-state index is -0.758. The SMILES string of the molecule is CC(C)(C)OC(=O)NOC(=O)C1(Cc2ccccc2)CC1. The molecule has 0 atom stereocenters. The van der Waals surface area contributed by atoms with E-state index in [1.54, 1.807) is 20.8 Å². The van der Waals surface area contributed by atoms with Crippen LogP contribution in [0, 0.1) is 5.41 Å². The van der Waals surface area contributed by atoms with Gasteiger partial charge < -0.3 is 9.57 Å². The largest absolute Gasteiger partial charge is 0.442 e. The Morgan fingerprint density at radius 2 is 1.81 bits per heavy atom. The van der Waals surface area contributed by atoms with Gasteiger partial charge in [0.2, 0.25) is 0 Å². The van der Waals surface area contributed by atoms with Crippen LogP contribution < -0.4 is 5.48 Å². The van der Waals surface area contributed by atoms with E-state index in [2.05, 4.69) is 5.48 Å². The minimum absolute atomic E-state index is 0.405. The van der Waals surface area contributed by atoms with Crippen LogP contribution in [0.4, 0.5) is 4.79 Å². The summed E-state index contributed by atoms with van der Waals surface area (Å²) in [5.74, 6) is -0.405. The summed E-state index contributed by atoms with van der Waals surface area (Å²) < 4.78 is 5.01. The zero-order valence-corrected chi connectivity index (χ0v) is 12.6. The Kier molecular flexibility index (Phi) is 4.21. The molecule has 1 N–H and O–H groups in total. The summed E-state index contributed by atoms with van der Waals surface area (Å²) >= 11 is 0. The van der Waals surface area contributed by atoms with Crippen molar-refractivity contribution in [2.24, 2.45) is 5.41 Å². The van der Waals surface area contributed by atoms with Gasteiger partial charge in [-0.3, -0.25) is 0 Å². The quantitative estimate of drug-likeness (QED) is 0.869.